The number of nitrogens with two attached hydrogens (primary N) is 1. The lowest BCUT2D eigenvalue weighted by atomic mass is 9.98. The Bertz CT molecular complexity index is 1920. The molecular formula is C34H41N5O8. The Morgan fingerprint density at radius 2 is 1.47 bits per heavy atom. The van der Waals surface area contributed by atoms with Crippen molar-refractivity contribution in [3.8, 4) is 0 Å². The highest BCUT2D eigenvalue weighted by atomic mass is 16.6. The second-order valence-electron chi connectivity index (χ2n) is 13.3. The minimum Gasteiger partial charge on any atom is -0.459 e. The molecule has 2 heterocycles. The summed E-state index contributed by atoms with van der Waals surface area (Å²) in [6.45, 7) is 8.64. The number of nitrogens with zero attached hydrogens (tertiary/aromatic N) is 2. The number of carbonyl (C=O) groups excluding carboxylic acids is 3. The van der Waals surface area contributed by atoms with Crippen LogP contribution in [0.25, 0.3) is 21.5 Å². The Labute approximate surface area is 270 Å². The summed E-state index contributed by atoms with van der Waals surface area (Å²) in [5.41, 5.74) is 2.98. The van der Waals surface area contributed by atoms with E-state index in [-0.39, 0.29) is 53.3 Å². The van der Waals surface area contributed by atoms with Crippen molar-refractivity contribution in [2.24, 2.45) is 11.7 Å². The van der Waals surface area contributed by atoms with Gasteiger partial charge in [0.25, 0.3) is 22.2 Å². The first kappa shape index (κ1) is 35.0. The van der Waals surface area contributed by atoms with Crippen LogP contribution in [0.15, 0.2) is 61.6 Å². The van der Waals surface area contributed by atoms with Gasteiger partial charge >= 0.3 is 5.97 Å². The molecule has 0 aliphatic carbocycles. The molecule has 2 amide bonds. The van der Waals surface area contributed by atoms with Gasteiger partial charge in [0.2, 0.25) is 11.8 Å². The third-order valence-corrected chi connectivity index (χ3v) is 7.98. The van der Waals surface area contributed by atoms with Gasteiger partial charge in [-0.3, -0.25) is 48.4 Å². The smallest absolute Gasteiger partial charge is 0.323 e. The minimum atomic E-state index is -1.14. The van der Waals surface area contributed by atoms with Crippen molar-refractivity contribution >= 4 is 39.3 Å². The van der Waals surface area contributed by atoms with E-state index in [9.17, 15) is 33.6 Å². The van der Waals surface area contributed by atoms with Gasteiger partial charge in [0.1, 0.15) is 17.7 Å². The number of hydrogen-bond acceptors (Lipinski definition) is 9. The highest BCUT2D eigenvalue weighted by molar-refractivity contribution is 5.97. The summed E-state index contributed by atoms with van der Waals surface area (Å²) < 4.78 is 6.59. The molecular weight excluding hydrogens is 606 g/mol. The third kappa shape index (κ3) is 7.91. The van der Waals surface area contributed by atoms with Crippen molar-refractivity contribution < 1.29 is 19.1 Å². The summed E-state index contributed by atoms with van der Waals surface area (Å²) in [4.78, 5) is 94.3. The van der Waals surface area contributed by atoms with E-state index in [4.69, 9.17) is 10.5 Å². The number of nitrogens with one attached hydrogen (secondary N) is 2. The van der Waals surface area contributed by atoms with E-state index in [1.165, 1.54) is 24.1 Å². The van der Waals surface area contributed by atoms with Crippen LogP contribution in [0.2, 0.25) is 0 Å². The van der Waals surface area contributed by atoms with Crippen LogP contribution < -0.4 is 33.3 Å². The maximum atomic E-state index is 13.9. The fourth-order valence-electron chi connectivity index (χ4n) is 5.67. The standard InChI is InChI=1S/C34H41N5O8/c1-18(2)14-25(32(45)38(6)26(27(35)40)15-19-10-8-7-9-11-19)36-24(33(46)47-34(3,4)5)12-13-39-30(43)22-16-20-21(17-23(22)31(39)44)29(42)37-28(20)41/h7-11,16-18,24-26,36H,12-15H2,1-6H3,(H2,35,40)(H,37,41,42)/t24-,25+,26+/m1/s1. The van der Waals surface area contributed by atoms with E-state index in [1.807, 2.05) is 44.2 Å². The monoisotopic (exact) mass is 647 g/mol. The van der Waals surface area contributed by atoms with Crippen molar-refractivity contribution in [1.82, 2.24) is 19.8 Å². The Morgan fingerprint density at radius 3 is 1.96 bits per heavy atom. The number of carbonyl (C=O) groups is 3. The Kier molecular flexibility index (Phi) is 10.3. The molecule has 13 nitrogen and oxygen atoms in total. The average Bonchev–Trinajstić information content (AvgIpc) is 3.40. The van der Waals surface area contributed by atoms with Gasteiger partial charge in [-0.25, -0.2) is 0 Å². The lowest BCUT2D eigenvalue weighted by molar-refractivity contribution is -0.158. The quantitative estimate of drug-likeness (QED) is 0.178. The van der Waals surface area contributed by atoms with Crippen LogP contribution in [0, 0.1) is 5.92 Å². The number of hydrogen-bond donors (Lipinski definition) is 3. The maximum absolute atomic E-state index is 13.9. The molecule has 2 aromatic heterocycles. The van der Waals surface area contributed by atoms with Gasteiger partial charge in [-0.1, -0.05) is 44.2 Å². The molecule has 0 aliphatic rings. The normalized spacial score (nSPS) is 13.9. The van der Waals surface area contributed by atoms with Gasteiger partial charge in [0.05, 0.1) is 27.6 Å². The van der Waals surface area contributed by atoms with Crippen LogP contribution in [0.3, 0.4) is 0 Å². The zero-order valence-electron chi connectivity index (χ0n) is 27.4. The van der Waals surface area contributed by atoms with Crippen LogP contribution in [0.4, 0.5) is 0 Å². The number of ether oxygens (including phenoxy) is 1. The summed E-state index contributed by atoms with van der Waals surface area (Å²) in [5, 5.41) is 3.07. The number of rotatable bonds is 13. The predicted molar refractivity (Wildman–Crippen MR) is 178 cm³/mol. The summed E-state index contributed by atoms with van der Waals surface area (Å²) in [6.07, 6.45) is 0.362. The van der Waals surface area contributed by atoms with Gasteiger partial charge in [0.15, 0.2) is 0 Å². The van der Waals surface area contributed by atoms with E-state index in [0.29, 0.717) is 0 Å². The van der Waals surface area contributed by atoms with E-state index in [2.05, 4.69) is 10.3 Å². The maximum Gasteiger partial charge on any atom is 0.323 e. The summed E-state index contributed by atoms with van der Waals surface area (Å²) in [6, 6.07) is 8.54. The van der Waals surface area contributed by atoms with Gasteiger partial charge in [0, 0.05) is 20.0 Å². The summed E-state index contributed by atoms with van der Waals surface area (Å²) in [5.74, 6) is -1.86. The topological polar surface area (TPSA) is 191 Å². The van der Waals surface area contributed by atoms with E-state index in [0.717, 1.165) is 10.1 Å². The number of primary amides is 1. The molecule has 3 atom stereocenters. The van der Waals surface area contributed by atoms with Crippen molar-refractivity contribution in [2.75, 3.05) is 7.05 Å². The fourth-order valence-corrected chi connectivity index (χ4v) is 5.67. The Morgan fingerprint density at radius 1 is 0.915 bits per heavy atom. The van der Waals surface area contributed by atoms with E-state index < -0.39 is 63.7 Å². The summed E-state index contributed by atoms with van der Waals surface area (Å²) >= 11 is 0. The zero-order valence-corrected chi connectivity index (χ0v) is 27.4. The highest BCUT2D eigenvalue weighted by Crippen LogP contribution is 2.18. The molecule has 47 heavy (non-hydrogen) atoms. The van der Waals surface area contributed by atoms with Gasteiger partial charge in [-0.15, -0.1) is 0 Å². The fraction of sp³-hybridized carbons (Fsp3) is 0.441. The molecule has 250 valence electrons. The number of fused-ring (bicyclic) bond motifs is 2. The molecule has 13 heteroatoms. The molecule has 4 N–H and O–H groups in total. The minimum absolute atomic E-state index is 0.00531. The molecule has 0 saturated heterocycles. The first-order valence-electron chi connectivity index (χ1n) is 15.5. The Balaban J connectivity index is 1.65. The predicted octanol–water partition coefficient (Wildman–Crippen LogP) is 1.10. The second-order valence-corrected chi connectivity index (χ2v) is 13.3. The molecule has 4 rings (SSSR count). The second kappa shape index (κ2) is 13.8. The molecule has 0 fully saturated rings. The first-order chi connectivity index (χ1) is 22.0. The molecule has 2 aromatic carbocycles. The van der Waals surface area contributed by atoms with Crippen LogP contribution >= 0.6 is 0 Å². The van der Waals surface area contributed by atoms with E-state index >= 15 is 0 Å². The van der Waals surface area contributed by atoms with Gasteiger partial charge in [-0.2, -0.15) is 0 Å². The molecule has 4 aromatic rings. The first-order valence-corrected chi connectivity index (χ1v) is 15.5. The van der Waals surface area contributed by atoms with E-state index in [1.54, 1.807) is 20.8 Å². The lowest BCUT2D eigenvalue weighted by Gasteiger charge is -2.33. The van der Waals surface area contributed by atoms with Gasteiger partial charge in [-0.05, 0) is 57.2 Å². The van der Waals surface area contributed by atoms with Crippen LogP contribution in [0.1, 0.15) is 53.0 Å². The summed E-state index contributed by atoms with van der Waals surface area (Å²) in [7, 11) is 1.49. The number of esters is 1. The molecule has 0 aliphatic heterocycles. The number of aromatic amines is 1. The van der Waals surface area contributed by atoms with Crippen LogP contribution in [-0.4, -0.2) is 63.0 Å². The molecule has 0 bridgehead atoms. The molecule has 0 unspecified atom stereocenters. The van der Waals surface area contributed by atoms with Crippen molar-refractivity contribution in [3.05, 3.63) is 89.4 Å². The van der Waals surface area contributed by atoms with Crippen molar-refractivity contribution in [1.29, 1.82) is 0 Å². The molecule has 0 radical (unpaired) electrons. The van der Waals surface area contributed by atoms with Gasteiger partial charge < -0.3 is 15.4 Å². The number of aromatic nitrogens is 2. The van der Waals surface area contributed by atoms with Crippen LogP contribution in [0.5, 0.6) is 0 Å². The van der Waals surface area contributed by atoms with Crippen molar-refractivity contribution in [2.45, 2.75) is 84.2 Å². The van der Waals surface area contributed by atoms with Crippen LogP contribution in [-0.2, 0) is 32.1 Å². The SMILES string of the molecule is CC(C)C[C@H](N[C@H](CCn1c(=O)c2cc3c(=O)[nH]c(=O)c3cc2c1=O)C(=O)OC(C)(C)C)C(=O)N(C)[C@@H](Cc1ccccc1)C(N)=O. The third-order valence-electron chi connectivity index (χ3n) is 7.98. The molecule has 0 spiro atoms. The molecule has 0 saturated carbocycles. The highest BCUT2D eigenvalue weighted by Gasteiger charge is 2.35. The number of H-pyrrole nitrogens is 1. The number of benzene rings is 2. The lowest BCUT2D eigenvalue weighted by Crippen LogP contribution is -2.57. The zero-order chi connectivity index (χ0) is 34.8. The largest absolute Gasteiger partial charge is 0.459 e. The average molecular weight is 648 g/mol. The number of amides is 2. The Hall–Kier alpha value is -4.91. The van der Waals surface area contributed by atoms with Crippen molar-refractivity contribution in [3.63, 3.8) is 0 Å². The number of likely N-dealkylation sites (N-methyl/N-ethyl adjacent to an activating group) is 1.